The Bertz CT molecular complexity index is 664. The molecular formula is C21H29N3O3. The number of hydrogen-bond acceptors (Lipinski definition) is 4. The van der Waals surface area contributed by atoms with E-state index in [2.05, 4.69) is 5.32 Å². The van der Waals surface area contributed by atoms with Crippen molar-refractivity contribution in [2.24, 2.45) is 5.92 Å². The number of ether oxygens (including phenoxy) is 1. The number of nitrogens with zero attached hydrogens (tertiary/aromatic N) is 2. The van der Waals surface area contributed by atoms with Crippen LogP contribution < -0.4 is 15.0 Å². The summed E-state index contributed by atoms with van der Waals surface area (Å²) in [5.74, 6) is 1.79. The molecule has 0 spiro atoms. The Kier molecular flexibility index (Phi) is 5.62. The monoisotopic (exact) mass is 371 g/mol. The van der Waals surface area contributed by atoms with Crippen LogP contribution in [0, 0.1) is 5.92 Å². The Hall–Kier alpha value is -2.08. The predicted octanol–water partition coefficient (Wildman–Crippen LogP) is 2.18. The number of nitrogens with one attached hydrogen (secondary N) is 1. The molecule has 4 rings (SSSR count). The average molecular weight is 371 g/mol. The van der Waals surface area contributed by atoms with Crippen molar-refractivity contribution in [3.8, 4) is 5.75 Å². The molecule has 6 nitrogen and oxygen atoms in total. The molecule has 146 valence electrons. The minimum atomic E-state index is 0.0504. The van der Waals surface area contributed by atoms with Gasteiger partial charge < -0.3 is 19.9 Å². The number of carbonyl (C=O) groups is 2. The number of piperidine rings is 1. The number of benzene rings is 1. The lowest BCUT2D eigenvalue weighted by Gasteiger charge is -2.32. The summed E-state index contributed by atoms with van der Waals surface area (Å²) in [6, 6.07) is 8.00. The van der Waals surface area contributed by atoms with E-state index in [-0.39, 0.29) is 18.4 Å². The molecule has 0 unspecified atom stereocenters. The van der Waals surface area contributed by atoms with E-state index in [1.807, 2.05) is 29.2 Å². The fourth-order valence-electron chi connectivity index (χ4n) is 3.87. The molecule has 2 saturated heterocycles. The van der Waals surface area contributed by atoms with Gasteiger partial charge in [0, 0.05) is 37.8 Å². The lowest BCUT2D eigenvalue weighted by molar-refractivity contribution is -0.134. The zero-order chi connectivity index (χ0) is 18.6. The van der Waals surface area contributed by atoms with Crippen LogP contribution in [0.5, 0.6) is 5.75 Å². The molecule has 1 aromatic rings. The molecule has 6 heteroatoms. The van der Waals surface area contributed by atoms with Crippen molar-refractivity contribution < 1.29 is 14.3 Å². The second-order valence-electron chi connectivity index (χ2n) is 7.94. The molecule has 0 atom stereocenters. The first-order valence-electron chi connectivity index (χ1n) is 10.2. The van der Waals surface area contributed by atoms with Gasteiger partial charge in [-0.05, 0) is 68.8 Å². The third kappa shape index (κ3) is 4.80. The summed E-state index contributed by atoms with van der Waals surface area (Å²) in [6.07, 6.45) is 6.33. The van der Waals surface area contributed by atoms with Crippen molar-refractivity contribution in [1.29, 1.82) is 0 Å². The number of rotatable bonds is 7. The molecule has 2 amide bonds. The van der Waals surface area contributed by atoms with Crippen LogP contribution in [-0.4, -0.2) is 55.5 Å². The first-order chi connectivity index (χ1) is 13.2. The van der Waals surface area contributed by atoms with Gasteiger partial charge in [-0.2, -0.15) is 0 Å². The number of anilines is 1. The van der Waals surface area contributed by atoms with Crippen molar-refractivity contribution >= 4 is 17.5 Å². The minimum Gasteiger partial charge on any atom is -0.484 e. The van der Waals surface area contributed by atoms with E-state index in [1.54, 1.807) is 4.90 Å². The van der Waals surface area contributed by atoms with Crippen LogP contribution in [0.3, 0.4) is 0 Å². The van der Waals surface area contributed by atoms with E-state index in [0.717, 1.165) is 57.0 Å². The van der Waals surface area contributed by atoms with Crippen molar-refractivity contribution in [2.75, 3.05) is 37.7 Å². The maximum Gasteiger partial charge on any atom is 0.260 e. The van der Waals surface area contributed by atoms with Crippen molar-refractivity contribution in [3.05, 3.63) is 24.3 Å². The van der Waals surface area contributed by atoms with Gasteiger partial charge in [0.15, 0.2) is 6.61 Å². The maximum absolute atomic E-state index is 12.4. The van der Waals surface area contributed by atoms with Crippen LogP contribution in [0.2, 0.25) is 0 Å². The number of likely N-dealkylation sites (tertiary alicyclic amines) is 1. The largest absolute Gasteiger partial charge is 0.484 e. The van der Waals surface area contributed by atoms with Crippen LogP contribution in [0.4, 0.5) is 5.69 Å². The molecule has 1 saturated carbocycles. The Morgan fingerprint density at radius 2 is 1.81 bits per heavy atom. The zero-order valence-corrected chi connectivity index (χ0v) is 15.9. The van der Waals surface area contributed by atoms with E-state index in [1.165, 1.54) is 12.8 Å². The third-order valence-corrected chi connectivity index (χ3v) is 5.82. The van der Waals surface area contributed by atoms with Gasteiger partial charge in [-0.1, -0.05) is 0 Å². The van der Waals surface area contributed by atoms with Crippen LogP contribution >= 0.6 is 0 Å². The Morgan fingerprint density at radius 3 is 2.44 bits per heavy atom. The Morgan fingerprint density at radius 1 is 1.07 bits per heavy atom. The summed E-state index contributed by atoms with van der Waals surface area (Å²) >= 11 is 0. The smallest absolute Gasteiger partial charge is 0.260 e. The van der Waals surface area contributed by atoms with Gasteiger partial charge in [-0.15, -0.1) is 0 Å². The molecule has 0 aromatic heterocycles. The average Bonchev–Trinajstić information content (AvgIpc) is 3.44. The maximum atomic E-state index is 12.4. The van der Waals surface area contributed by atoms with Crippen LogP contribution in [-0.2, 0) is 9.59 Å². The SMILES string of the molecule is O=C(COc1ccc(N2CCCC2=O)cc1)N1CCC(NCC2CC2)CC1. The molecule has 0 bridgehead atoms. The van der Waals surface area contributed by atoms with Gasteiger partial charge >= 0.3 is 0 Å². The fourth-order valence-corrected chi connectivity index (χ4v) is 3.87. The van der Waals surface area contributed by atoms with Gasteiger partial charge in [-0.25, -0.2) is 0 Å². The first kappa shape index (κ1) is 18.3. The quantitative estimate of drug-likeness (QED) is 0.798. The van der Waals surface area contributed by atoms with Crippen molar-refractivity contribution in [1.82, 2.24) is 10.2 Å². The van der Waals surface area contributed by atoms with E-state index in [0.29, 0.717) is 18.2 Å². The van der Waals surface area contributed by atoms with Gasteiger partial charge in [0.05, 0.1) is 0 Å². The molecule has 2 heterocycles. The van der Waals surface area contributed by atoms with E-state index in [4.69, 9.17) is 4.74 Å². The summed E-state index contributed by atoms with van der Waals surface area (Å²) in [5, 5.41) is 3.64. The highest BCUT2D eigenvalue weighted by atomic mass is 16.5. The van der Waals surface area contributed by atoms with Crippen molar-refractivity contribution in [2.45, 2.75) is 44.6 Å². The van der Waals surface area contributed by atoms with Gasteiger partial charge in [0.1, 0.15) is 5.75 Å². The third-order valence-electron chi connectivity index (χ3n) is 5.82. The Labute approximate surface area is 160 Å². The van der Waals surface area contributed by atoms with E-state index in [9.17, 15) is 9.59 Å². The summed E-state index contributed by atoms with van der Waals surface area (Å²) in [6.45, 7) is 3.60. The van der Waals surface area contributed by atoms with Gasteiger partial charge in [0.25, 0.3) is 5.91 Å². The Balaban J connectivity index is 1.19. The van der Waals surface area contributed by atoms with E-state index < -0.39 is 0 Å². The molecule has 1 N–H and O–H groups in total. The molecule has 3 aliphatic rings. The van der Waals surface area contributed by atoms with Crippen LogP contribution in [0.1, 0.15) is 38.5 Å². The standard InChI is InChI=1S/C21H29N3O3/c25-20-2-1-11-24(20)18-5-7-19(8-6-18)27-15-21(26)23-12-9-17(10-13-23)22-14-16-3-4-16/h5-8,16-17,22H,1-4,9-15H2. The molecule has 1 aromatic carbocycles. The second kappa shape index (κ2) is 8.30. The minimum absolute atomic E-state index is 0.0504. The summed E-state index contributed by atoms with van der Waals surface area (Å²) in [5.41, 5.74) is 0.900. The molecule has 27 heavy (non-hydrogen) atoms. The van der Waals surface area contributed by atoms with Gasteiger partial charge in [-0.3, -0.25) is 9.59 Å². The second-order valence-corrected chi connectivity index (χ2v) is 7.94. The molecule has 3 fully saturated rings. The molecular weight excluding hydrogens is 342 g/mol. The highest BCUT2D eigenvalue weighted by Gasteiger charge is 2.26. The number of amides is 2. The van der Waals surface area contributed by atoms with Crippen LogP contribution in [0.15, 0.2) is 24.3 Å². The fraction of sp³-hybridized carbons (Fsp3) is 0.619. The summed E-state index contributed by atoms with van der Waals surface area (Å²) < 4.78 is 5.67. The first-order valence-corrected chi connectivity index (χ1v) is 10.2. The summed E-state index contributed by atoms with van der Waals surface area (Å²) in [4.78, 5) is 27.9. The van der Waals surface area contributed by atoms with Crippen molar-refractivity contribution in [3.63, 3.8) is 0 Å². The lowest BCUT2D eigenvalue weighted by Crippen LogP contribution is -2.46. The zero-order valence-electron chi connectivity index (χ0n) is 15.9. The highest BCUT2D eigenvalue weighted by molar-refractivity contribution is 5.95. The van der Waals surface area contributed by atoms with E-state index >= 15 is 0 Å². The normalized spacial score (nSPS) is 21.0. The summed E-state index contributed by atoms with van der Waals surface area (Å²) in [7, 11) is 0. The molecule has 1 aliphatic carbocycles. The number of carbonyl (C=O) groups excluding carboxylic acids is 2. The number of hydrogen-bond donors (Lipinski definition) is 1. The predicted molar refractivity (Wildman–Crippen MR) is 104 cm³/mol. The van der Waals surface area contributed by atoms with Crippen LogP contribution in [0.25, 0.3) is 0 Å². The highest BCUT2D eigenvalue weighted by Crippen LogP contribution is 2.28. The molecule has 0 radical (unpaired) electrons. The van der Waals surface area contributed by atoms with Gasteiger partial charge in [0.2, 0.25) is 5.91 Å². The lowest BCUT2D eigenvalue weighted by atomic mass is 10.0. The topological polar surface area (TPSA) is 61.9 Å². The molecule has 2 aliphatic heterocycles.